The first-order valence-electron chi connectivity index (χ1n) is 11.7. The minimum Gasteiger partial charge on any atom is -0.370 e. The Morgan fingerprint density at radius 1 is 1.19 bits per heavy atom. The Kier molecular flexibility index (Phi) is 6.82. The number of aromatic nitrogens is 3. The first-order valence-corrected chi connectivity index (χ1v) is 13.1. The van der Waals surface area contributed by atoms with Crippen LogP contribution < -0.4 is 10.6 Å². The van der Waals surface area contributed by atoms with Crippen molar-refractivity contribution in [3.63, 3.8) is 0 Å². The summed E-state index contributed by atoms with van der Waals surface area (Å²) in [6, 6.07) is 17.3. The zero-order valence-electron chi connectivity index (χ0n) is 20.6. The highest BCUT2D eigenvalue weighted by molar-refractivity contribution is 7.99. The normalized spacial score (nSPS) is 14.1. The molecule has 0 bridgehead atoms. The highest BCUT2D eigenvalue weighted by Crippen LogP contribution is 2.38. The second-order valence-corrected chi connectivity index (χ2v) is 10.9. The second kappa shape index (κ2) is 10.1. The van der Waals surface area contributed by atoms with Crippen molar-refractivity contribution in [3.8, 4) is 6.07 Å². The molecule has 10 heteroatoms. The van der Waals surface area contributed by atoms with Gasteiger partial charge in [0.2, 0.25) is 5.91 Å². The number of carbonyl (C=O) groups is 1. The van der Waals surface area contributed by atoms with E-state index in [1.54, 1.807) is 24.3 Å². The first-order chi connectivity index (χ1) is 17.7. The van der Waals surface area contributed by atoms with Crippen molar-refractivity contribution in [1.82, 2.24) is 14.6 Å². The van der Waals surface area contributed by atoms with Crippen molar-refractivity contribution in [2.24, 2.45) is 0 Å². The number of hydrogen-bond donors (Lipinski definition) is 2. The summed E-state index contributed by atoms with van der Waals surface area (Å²) in [6.45, 7) is 6.37. The van der Waals surface area contributed by atoms with Gasteiger partial charge in [0.25, 0.3) is 0 Å². The molecule has 8 nitrogen and oxygen atoms in total. The zero-order valence-corrected chi connectivity index (χ0v) is 22.2. The summed E-state index contributed by atoms with van der Waals surface area (Å²) >= 11 is 7.27. The minimum absolute atomic E-state index is 0.0970. The molecule has 1 aliphatic rings. The number of halogens is 1. The Balaban J connectivity index is 1.54. The highest BCUT2D eigenvalue weighted by Gasteiger charge is 2.33. The summed E-state index contributed by atoms with van der Waals surface area (Å²) in [5.74, 6) is 0.459. The van der Waals surface area contributed by atoms with E-state index in [2.05, 4.69) is 26.9 Å². The van der Waals surface area contributed by atoms with Crippen LogP contribution in [0.2, 0.25) is 5.02 Å². The smallest absolute Gasteiger partial charge is 0.234 e. The molecule has 0 saturated carbocycles. The molecule has 4 aromatic rings. The molecular weight excluding hydrogens is 508 g/mol. The van der Waals surface area contributed by atoms with Gasteiger partial charge in [-0.05, 0) is 56.7 Å². The predicted octanol–water partition coefficient (Wildman–Crippen LogP) is 5.89. The Morgan fingerprint density at radius 2 is 1.97 bits per heavy atom. The number of hydrogen-bond acceptors (Lipinski definition) is 7. The summed E-state index contributed by atoms with van der Waals surface area (Å²) in [5.41, 5.74) is 5.04. The maximum Gasteiger partial charge on any atom is 0.234 e. The molecule has 2 N–H and O–H groups in total. The van der Waals surface area contributed by atoms with E-state index in [1.165, 1.54) is 11.8 Å². The predicted molar refractivity (Wildman–Crippen MR) is 146 cm³/mol. The van der Waals surface area contributed by atoms with Crippen molar-refractivity contribution in [2.75, 3.05) is 16.4 Å². The number of amides is 1. The third-order valence-corrected chi connectivity index (χ3v) is 7.27. The number of anilines is 3. The fourth-order valence-electron chi connectivity index (χ4n) is 4.30. The molecular formula is C27H25ClN6O2S. The van der Waals surface area contributed by atoms with E-state index in [-0.39, 0.29) is 11.7 Å². The number of thioether (sulfide) groups is 1. The number of nitrogens with one attached hydrogen (secondary N) is 2. The first kappa shape index (κ1) is 25.1. The van der Waals surface area contributed by atoms with Crippen molar-refractivity contribution in [3.05, 3.63) is 75.8 Å². The monoisotopic (exact) mass is 532 g/mol. The van der Waals surface area contributed by atoms with Gasteiger partial charge in [-0.25, -0.2) is 0 Å². The number of aryl methyl sites for hydroxylation is 1. The van der Waals surface area contributed by atoms with Gasteiger partial charge in [0.05, 0.1) is 23.5 Å². The van der Waals surface area contributed by atoms with Gasteiger partial charge in [-0.1, -0.05) is 47.1 Å². The van der Waals surface area contributed by atoms with Gasteiger partial charge in [-0.3, -0.25) is 9.20 Å². The van der Waals surface area contributed by atoms with Gasteiger partial charge in [0.15, 0.2) is 10.8 Å². The van der Waals surface area contributed by atoms with Crippen LogP contribution in [0.4, 0.5) is 17.2 Å². The third kappa shape index (κ3) is 5.27. The summed E-state index contributed by atoms with van der Waals surface area (Å²) < 4.78 is 7.88. The van der Waals surface area contributed by atoms with Crippen LogP contribution in [-0.4, -0.2) is 31.9 Å². The number of carbonyl (C=O) groups excluding carboxylic acids is 1. The van der Waals surface area contributed by atoms with Crippen molar-refractivity contribution >= 4 is 52.1 Å². The number of nitriles is 1. The average Bonchev–Trinajstić information content (AvgIpc) is 3.27. The molecule has 0 radical (unpaired) electrons. The number of nitrogens with zero attached hydrogens (tertiary/aromatic N) is 4. The maximum atomic E-state index is 12.7. The van der Waals surface area contributed by atoms with Gasteiger partial charge >= 0.3 is 0 Å². The van der Waals surface area contributed by atoms with Crippen molar-refractivity contribution in [2.45, 2.75) is 44.6 Å². The lowest BCUT2D eigenvalue weighted by molar-refractivity contribution is -0.113. The Bertz CT molecular complexity index is 1540. The molecule has 0 atom stereocenters. The largest absolute Gasteiger partial charge is 0.370 e. The van der Waals surface area contributed by atoms with Crippen LogP contribution >= 0.6 is 23.4 Å². The van der Waals surface area contributed by atoms with E-state index in [1.807, 2.05) is 49.4 Å². The molecule has 0 fully saturated rings. The van der Waals surface area contributed by atoms with Crippen LogP contribution in [0, 0.1) is 18.3 Å². The summed E-state index contributed by atoms with van der Waals surface area (Å²) in [4.78, 5) is 12.7. The summed E-state index contributed by atoms with van der Waals surface area (Å²) in [7, 11) is 0. The molecule has 0 saturated heterocycles. The van der Waals surface area contributed by atoms with E-state index in [0.717, 1.165) is 22.4 Å². The molecule has 1 aliphatic heterocycles. The lowest BCUT2D eigenvalue weighted by Gasteiger charge is -2.33. The zero-order chi connectivity index (χ0) is 26.2. The van der Waals surface area contributed by atoms with E-state index in [4.69, 9.17) is 16.3 Å². The van der Waals surface area contributed by atoms with Gasteiger partial charge in [0.1, 0.15) is 11.9 Å². The fourth-order valence-corrected chi connectivity index (χ4v) is 5.23. The second-order valence-electron chi connectivity index (χ2n) is 9.50. The number of ether oxygens (including phenoxy) is 1. The van der Waals surface area contributed by atoms with Crippen LogP contribution in [0.5, 0.6) is 0 Å². The highest BCUT2D eigenvalue weighted by atomic mass is 35.5. The molecule has 1 amide bonds. The van der Waals surface area contributed by atoms with Gasteiger partial charge in [-0.2, -0.15) is 5.26 Å². The molecule has 5 rings (SSSR count). The van der Waals surface area contributed by atoms with Crippen molar-refractivity contribution < 1.29 is 9.53 Å². The molecule has 0 unspecified atom stereocenters. The average molecular weight is 533 g/mol. The standard InChI is InChI=1S/C27H25ClN6O2S/c1-16-7-9-18(10-8-16)31-24-21(13-29)20-12-27(2,3)36-14-22(20)25-32-33-26(34(24)25)37-15-23(35)30-19-6-4-5-17(28)11-19/h4-11,31H,12,14-15H2,1-3H3,(H,30,35). The van der Waals surface area contributed by atoms with E-state index in [9.17, 15) is 10.1 Å². The summed E-state index contributed by atoms with van der Waals surface area (Å²) in [6.07, 6.45) is 0.571. The van der Waals surface area contributed by atoms with Crippen LogP contribution in [0.25, 0.3) is 5.65 Å². The summed E-state index contributed by atoms with van der Waals surface area (Å²) in [5, 5.41) is 26.5. The minimum atomic E-state index is -0.409. The molecule has 2 aromatic heterocycles. The van der Waals surface area contributed by atoms with E-state index >= 15 is 0 Å². The molecule has 3 heterocycles. The lowest BCUT2D eigenvalue weighted by atomic mass is 9.89. The SMILES string of the molecule is Cc1ccc(Nc2c(C#N)c3c(c4nnc(SCC(=O)Nc5cccc(Cl)c5)n24)COC(C)(C)C3)cc1. The third-order valence-electron chi connectivity index (χ3n) is 6.11. The van der Waals surface area contributed by atoms with Crippen LogP contribution in [0.15, 0.2) is 53.7 Å². The topological polar surface area (TPSA) is 104 Å². The van der Waals surface area contributed by atoms with Crippen LogP contribution in [0.1, 0.15) is 36.1 Å². The molecule has 188 valence electrons. The fraction of sp³-hybridized carbons (Fsp3) is 0.259. The number of fused-ring (bicyclic) bond motifs is 3. The Labute approximate surface area is 224 Å². The lowest BCUT2D eigenvalue weighted by Crippen LogP contribution is -2.33. The Morgan fingerprint density at radius 3 is 2.70 bits per heavy atom. The number of rotatable bonds is 6. The van der Waals surface area contributed by atoms with Crippen LogP contribution in [-0.2, 0) is 22.6 Å². The molecule has 0 spiro atoms. The van der Waals surface area contributed by atoms with E-state index < -0.39 is 5.60 Å². The number of pyridine rings is 1. The van der Waals surface area contributed by atoms with Gasteiger partial charge in [-0.15, -0.1) is 10.2 Å². The number of benzene rings is 2. The molecule has 2 aromatic carbocycles. The van der Waals surface area contributed by atoms with Gasteiger partial charge in [0, 0.05) is 28.4 Å². The van der Waals surface area contributed by atoms with Crippen molar-refractivity contribution in [1.29, 1.82) is 5.26 Å². The molecule has 0 aliphatic carbocycles. The van der Waals surface area contributed by atoms with Crippen LogP contribution in [0.3, 0.4) is 0 Å². The van der Waals surface area contributed by atoms with E-state index in [0.29, 0.717) is 45.9 Å². The maximum absolute atomic E-state index is 12.7. The molecule has 37 heavy (non-hydrogen) atoms. The quantitative estimate of drug-likeness (QED) is 0.298. The van der Waals surface area contributed by atoms with Gasteiger partial charge < -0.3 is 15.4 Å². The Hall–Kier alpha value is -3.58.